The minimum absolute atomic E-state index is 0.0855. The summed E-state index contributed by atoms with van der Waals surface area (Å²) in [4.78, 5) is 10.4. The fraction of sp³-hybridized carbons (Fsp3) is 0.889. The molecular formula is C9H16O6. The number of methoxy groups -OCH3 is 2. The molecule has 1 rings (SSSR count). The van der Waals surface area contributed by atoms with Crippen molar-refractivity contribution in [1.29, 1.82) is 0 Å². The Morgan fingerprint density at radius 2 is 1.93 bits per heavy atom. The molecule has 88 valence electrons. The zero-order chi connectivity index (χ0) is 11.4. The predicted molar refractivity (Wildman–Crippen MR) is 49.2 cm³/mol. The Kier molecular flexibility index (Phi) is 4.62. The third kappa shape index (κ3) is 2.53. The van der Waals surface area contributed by atoms with Crippen LogP contribution in [0.15, 0.2) is 0 Å². The third-order valence-corrected chi connectivity index (χ3v) is 2.47. The molecule has 0 saturated carbocycles. The highest BCUT2D eigenvalue weighted by atomic mass is 16.7. The Bertz CT molecular complexity index is 209. The van der Waals surface area contributed by atoms with Gasteiger partial charge in [0.2, 0.25) is 0 Å². The summed E-state index contributed by atoms with van der Waals surface area (Å²) in [6.45, 7) is 0. The fourth-order valence-corrected chi connectivity index (χ4v) is 1.68. The number of rotatable bonds is 4. The van der Waals surface area contributed by atoms with Gasteiger partial charge >= 0.3 is 0 Å². The highest BCUT2D eigenvalue weighted by Gasteiger charge is 2.44. The number of aliphatic hydroxyl groups excluding tert-OH is 2. The molecule has 1 heterocycles. The van der Waals surface area contributed by atoms with E-state index in [4.69, 9.17) is 14.2 Å². The number of aldehydes is 1. The van der Waals surface area contributed by atoms with Gasteiger partial charge in [0.1, 0.15) is 24.6 Å². The van der Waals surface area contributed by atoms with Crippen LogP contribution < -0.4 is 0 Å². The lowest BCUT2D eigenvalue weighted by atomic mass is 9.97. The minimum Gasteiger partial charge on any atom is -0.387 e. The SMILES string of the molecule is COC1C(O)C(O)[C@H](OC)O[C@H]1CC=O. The number of carbonyl (C=O) groups excluding carboxylic acids is 1. The van der Waals surface area contributed by atoms with Gasteiger partial charge in [-0.1, -0.05) is 0 Å². The molecule has 1 fully saturated rings. The van der Waals surface area contributed by atoms with E-state index >= 15 is 0 Å². The number of hydrogen-bond donors (Lipinski definition) is 2. The van der Waals surface area contributed by atoms with Crippen LogP contribution >= 0.6 is 0 Å². The maximum atomic E-state index is 10.4. The maximum Gasteiger partial charge on any atom is 0.186 e. The molecule has 5 atom stereocenters. The van der Waals surface area contributed by atoms with Crippen molar-refractivity contribution < 1.29 is 29.2 Å². The Labute approximate surface area is 87.7 Å². The van der Waals surface area contributed by atoms with Crippen LogP contribution in [-0.2, 0) is 19.0 Å². The van der Waals surface area contributed by atoms with E-state index in [1.165, 1.54) is 14.2 Å². The van der Waals surface area contributed by atoms with Crippen LogP contribution in [-0.4, -0.2) is 61.4 Å². The Hall–Kier alpha value is -0.530. The molecule has 0 aromatic rings. The average Bonchev–Trinajstić information content (AvgIpc) is 2.24. The van der Waals surface area contributed by atoms with Crippen LogP contribution in [0, 0.1) is 0 Å². The van der Waals surface area contributed by atoms with Crippen molar-refractivity contribution in [2.75, 3.05) is 14.2 Å². The van der Waals surface area contributed by atoms with Crippen molar-refractivity contribution >= 4 is 6.29 Å². The molecule has 0 aromatic heterocycles. The van der Waals surface area contributed by atoms with Gasteiger partial charge in [0, 0.05) is 20.6 Å². The van der Waals surface area contributed by atoms with Gasteiger partial charge in [-0.05, 0) is 0 Å². The van der Waals surface area contributed by atoms with Crippen molar-refractivity contribution in [2.24, 2.45) is 0 Å². The van der Waals surface area contributed by atoms with Crippen molar-refractivity contribution in [1.82, 2.24) is 0 Å². The largest absolute Gasteiger partial charge is 0.387 e. The topological polar surface area (TPSA) is 85.2 Å². The molecule has 1 saturated heterocycles. The Morgan fingerprint density at radius 1 is 1.27 bits per heavy atom. The minimum atomic E-state index is -1.18. The monoisotopic (exact) mass is 220 g/mol. The maximum absolute atomic E-state index is 10.4. The molecule has 6 nitrogen and oxygen atoms in total. The third-order valence-electron chi connectivity index (χ3n) is 2.47. The van der Waals surface area contributed by atoms with Crippen LogP contribution in [0.5, 0.6) is 0 Å². The molecule has 6 heteroatoms. The first kappa shape index (κ1) is 12.5. The van der Waals surface area contributed by atoms with Gasteiger partial charge in [0.15, 0.2) is 6.29 Å². The summed E-state index contributed by atoms with van der Waals surface area (Å²) in [6.07, 6.45) is -3.80. The van der Waals surface area contributed by atoms with E-state index in [1.54, 1.807) is 0 Å². The molecule has 15 heavy (non-hydrogen) atoms. The lowest BCUT2D eigenvalue weighted by molar-refractivity contribution is -0.292. The van der Waals surface area contributed by atoms with E-state index in [0.717, 1.165) is 0 Å². The lowest BCUT2D eigenvalue weighted by Gasteiger charge is -2.40. The normalized spacial score (nSPS) is 41.5. The summed E-state index contributed by atoms with van der Waals surface area (Å²) >= 11 is 0. The molecule has 0 aromatic carbocycles. The van der Waals surface area contributed by atoms with Crippen LogP contribution in [0.1, 0.15) is 6.42 Å². The average molecular weight is 220 g/mol. The molecule has 2 N–H and O–H groups in total. The van der Waals surface area contributed by atoms with Gasteiger partial charge in [-0.3, -0.25) is 0 Å². The quantitative estimate of drug-likeness (QED) is 0.572. The molecule has 0 spiro atoms. The number of hydrogen-bond acceptors (Lipinski definition) is 6. The molecular weight excluding hydrogens is 204 g/mol. The Morgan fingerprint density at radius 3 is 2.40 bits per heavy atom. The van der Waals surface area contributed by atoms with E-state index in [0.29, 0.717) is 6.29 Å². The van der Waals surface area contributed by atoms with Gasteiger partial charge in [0.05, 0.1) is 6.10 Å². The molecule has 1 aliphatic heterocycles. The first-order valence-corrected chi connectivity index (χ1v) is 4.66. The molecule has 0 radical (unpaired) electrons. The van der Waals surface area contributed by atoms with Gasteiger partial charge in [-0.25, -0.2) is 0 Å². The van der Waals surface area contributed by atoms with E-state index in [9.17, 15) is 15.0 Å². The standard InChI is InChI=1S/C9H16O6/c1-13-8-5(3-4-10)15-9(14-2)7(12)6(8)11/h4-9,11-12H,3H2,1-2H3/t5-,6?,7?,8?,9+/m0/s1. The smallest absolute Gasteiger partial charge is 0.186 e. The first-order valence-electron chi connectivity index (χ1n) is 4.66. The molecule has 1 aliphatic rings. The second kappa shape index (κ2) is 5.53. The van der Waals surface area contributed by atoms with Crippen molar-refractivity contribution in [3.05, 3.63) is 0 Å². The molecule has 0 amide bonds. The summed E-state index contributed by atoms with van der Waals surface area (Å²) in [7, 11) is 2.74. The van der Waals surface area contributed by atoms with Crippen molar-refractivity contribution in [2.45, 2.75) is 37.1 Å². The van der Waals surface area contributed by atoms with Gasteiger partial charge in [-0.15, -0.1) is 0 Å². The van der Waals surface area contributed by atoms with Gasteiger partial charge < -0.3 is 29.2 Å². The Balaban J connectivity index is 2.74. The highest BCUT2D eigenvalue weighted by molar-refractivity contribution is 5.50. The summed E-state index contributed by atoms with van der Waals surface area (Å²) in [5.41, 5.74) is 0. The van der Waals surface area contributed by atoms with Crippen molar-refractivity contribution in [3.63, 3.8) is 0 Å². The molecule has 0 aliphatic carbocycles. The highest BCUT2D eigenvalue weighted by Crippen LogP contribution is 2.24. The number of carbonyl (C=O) groups is 1. The van der Waals surface area contributed by atoms with E-state index in [2.05, 4.69) is 0 Å². The summed E-state index contributed by atoms with van der Waals surface area (Å²) < 4.78 is 15.1. The zero-order valence-corrected chi connectivity index (χ0v) is 8.70. The molecule has 3 unspecified atom stereocenters. The van der Waals surface area contributed by atoms with E-state index in [1.807, 2.05) is 0 Å². The van der Waals surface area contributed by atoms with Gasteiger partial charge in [0.25, 0.3) is 0 Å². The number of aliphatic hydroxyl groups is 2. The van der Waals surface area contributed by atoms with E-state index in [-0.39, 0.29) is 6.42 Å². The summed E-state index contributed by atoms with van der Waals surface area (Å²) in [6, 6.07) is 0. The van der Waals surface area contributed by atoms with E-state index < -0.39 is 30.7 Å². The van der Waals surface area contributed by atoms with Crippen LogP contribution in [0.3, 0.4) is 0 Å². The van der Waals surface area contributed by atoms with Crippen LogP contribution in [0.2, 0.25) is 0 Å². The first-order chi connectivity index (χ1) is 7.15. The lowest BCUT2D eigenvalue weighted by Crippen LogP contribution is -2.58. The molecule has 0 bridgehead atoms. The van der Waals surface area contributed by atoms with Crippen LogP contribution in [0.4, 0.5) is 0 Å². The second-order valence-corrected chi connectivity index (χ2v) is 3.36. The van der Waals surface area contributed by atoms with Gasteiger partial charge in [-0.2, -0.15) is 0 Å². The number of ether oxygens (including phenoxy) is 3. The van der Waals surface area contributed by atoms with Crippen molar-refractivity contribution in [3.8, 4) is 0 Å². The zero-order valence-electron chi connectivity index (χ0n) is 8.70. The fourth-order valence-electron chi connectivity index (χ4n) is 1.68. The van der Waals surface area contributed by atoms with Crippen LogP contribution in [0.25, 0.3) is 0 Å². The second-order valence-electron chi connectivity index (χ2n) is 3.36. The predicted octanol–water partition coefficient (Wildman–Crippen LogP) is -1.32. The summed E-state index contributed by atoms with van der Waals surface area (Å²) in [5.74, 6) is 0. The summed E-state index contributed by atoms with van der Waals surface area (Å²) in [5, 5.41) is 19.2.